The number of ether oxygens (including phenoxy) is 1. The van der Waals surface area contributed by atoms with E-state index in [1.54, 1.807) is 18.5 Å². The number of phenols is 1. The minimum absolute atomic E-state index is 0.147. The zero-order valence-corrected chi connectivity index (χ0v) is 23.8. The van der Waals surface area contributed by atoms with Crippen LogP contribution in [0.3, 0.4) is 0 Å². The highest BCUT2D eigenvalue weighted by Crippen LogP contribution is 2.41. The Morgan fingerprint density at radius 1 is 1.19 bits per heavy atom. The van der Waals surface area contributed by atoms with Crippen molar-refractivity contribution in [2.24, 2.45) is 0 Å². The molecule has 3 saturated heterocycles. The monoisotopic (exact) mass is 570 g/mol. The topological polar surface area (TPSA) is 99.8 Å². The molecule has 0 bridgehead atoms. The van der Waals surface area contributed by atoms with Crippen LogP contribution >= 0.6 is 0 Å². The first-order valence-corrected chi connectivity index (χ1v) is 14.7. The zero-order chi connectivity index (χ0) is 29.1. The number of aromatic hydroxyl groups is 1. The average Bonchev–Trinajstić information content (AvgIpc) is 3.62. The number of anilines is 1. The number of aliphatic hydroxyl groups is 1. The molecule has 0 spiro atoms. The Balaban J connectivity index is 1.30. The fraction of sp³-hybridized carbons (Fsp3) is 0.469. The second kappa shape index (κ2) is 10.1. The molecule has 10 heteroatoms. The van der Waals surface area contributed by atoms with Crippen molar-refractivity contribution in [2.75, 3.05) is 37.7 Å². The number of halogens is 1. The van der Waals surface area contributed by atoms with Crippen molar-refractivity contribution in [3.63, 3.8) is 0 Å². The van der Waals surface area contributed by atoms with Gasteiger partial charge in [-0.3, -0.25) is 4.90 Å². The van der Waals surface area contributed by atoms with Gasteiger partial charge in [0.15, 0.2) is 11.2 Å². The molecule has 2 aromatic heterocycles. The van der Waals surface area contributed by atoms with Crippen LogP contribution < -0.4 is 9.64 Å². The number of phenolic OH excluding ortho intramolecular Hbond substituents is 1. The molecule has 0 unspecified atom stereocenters. The standard InChI is InChI=1S/C32H35FN6O3/c1-3-21-7-4-8-22-13-25(40)14-23(26(21)22)16-38-20-34-27-28(38)35-30(37-11-5-9-31(2,41)18-37)36-29(27)42-19-32-10-6-12-39(32)17-24(33)15-32/h1,4,7-8,13-14,20,24,40-41H,5-6,9-12,15-19H2,2H3/t24-,31-,32+/m1/s1. The quantitative estimate of drug-likeness (QED) is 0.336. The number of aromatic nitrogens is 4. The van der Waals surface area contributed by atoms with Gasteiger partial charge in [-0.15, -0.1) is 6.42 Å². The predicted molar refractivity (Wildman–Crippen MR) is 159 cm³/mol. The molecule has 0 saturated carbocycles. The Bertz CT molecular complexity index is 1710. The third kappa shape index (κ3) is 4.71. The Labute approximate surface area is 244 Å². The lowest BCUT2D eigenvalue weighted by Gasteiger charge is -2.37. The smallest absolute Gasteiger partial charge is 0.247 e. The van der Waals surface area contributed by atoms with E-state index >= 15 is 0 Å². The van der Waals surface area contributed by atoms with E-state index in [0.29, 0.717) is 68.6 Å². The molecule has 9 nitrogen and oxygen atoms in total. The highest BCUT2D eigenvalue weighted by atomic mass is 19.1. The summed E-state index contributed by atoms with van der Waals surface area (Å²) in [7, 11) is 0. The molecular weight excluding hydrogens is 535 g/mol. The number of alkyl halides is 1. The van der Waals surface area contributed by atoms with Gasteiger partial charge in [-0.1, -0.05) is 18.1 Å². The number of rotatable bonds is 6. The van der Waals surface area contributed by atoms with Crippen molar-refractivity contribution in [3.8, 4) is 24.0 Å². The third-order valence-electron chi connectivity index (χ3n) is 9.16. The molecule has 3 aliphatic rings. The van der Waals surface area contributed by atoms with Crippen molar-refractivity contribution < 1.29 is 19.3 Å². The summed E-state index contributed by atoms with van der Waals surface area (Å²) < 4.78 is 22.8. The number of terminal acetylenes is 1. The van der Waals surface area contributed by atoms with Crippen molar-refractivity contribution in [1.82, 2.24) is 24.4 Å². The van der Waals surface area contributed by atoms with E-state index in [1.165, 1.54) is 0 Å². The van der Waals surface area contributed by atoms with Crippen LogP contribution in [0.5, 0.6) is 11.6 Å². The summed E-state index contributed by atoms with van der Waals surface area (Å²) in [6.07, 6.45) is 10.6. The second-order valence-corrected chi connectivity index (χ2v) is 12.4. The Morgan fingerprint density at radius 2 is 2.05 bits per heavy atom. The Morgan fingerprint density at radius 3 is 2.88 bits per heavy atom. The van der Waals surface area contributed by atoms with E-state index in [-0.39, 0.29) is 11.3 Å². The highest BCUT2D eigenvalue weighted by Gasteiger charge is 2.49. The van der Waals surface area contributed by atoms with Gasteiger partial charge in [0, 0.05) is 37.0 Å². The fourth-order valence-electron chi connectivity index (χ4n) is 7.24. The first-order chi connectivity index (χ1) is 20.2. The van der Waals surface area contributed by atoms with Crippen LogP contribution in [0.2, 0.25) is 0 Å². The molecule has 2 N–H and O–H groups in total. The van der Waals surface area contributed by atoms with Crippen LogP contribution in [-0.4, -0.2) is 84.7 Å². The predicted octanol–water partition coefficient (Wildman–Crippen LogP) is 4.02. The molecule has 0 radical (unpaired) electrons. The van der Waals surface area contributed by atoms with E-state index in [9.17, 15) is 14.6 Å². The minimum Gasteiger partial charge on any atom is -0.508 e. The van der Waals surface area contributed by atoms with Crippen molar-refractivity contribution >= 4 is 27.9 Å². The number of nitrogens with zero attached hydrogens (tertiary/aromatic N) is 6. The lowest BCUT2D eigenvalue weighted by Crippen LogP contribution is -2.47. The summed E-state index contributed by atoms with van der Waals surface area (Å²) in [5.41, 5.74) is 1.48. The second-order valence-electron chi connectivity index (χ2n) is 12.4. The summed E-state index contributed by atoms with van der Waals surface area (Å²) in [6, 6.07) is 9.12. The van der Waals surface area contributed by atoms with Gasteiger partial charge in [0.1, 0.15) is 18.5 Å². The number of hydrogen-bond acceptors (Lipinski definition) is 8. The van der Waals surface area contributed by atoms with E-state index in [1.807, 2.05) is 34.6 Å². The van der Waals surface area contributed by atoms with Crippen LogP contribution in [0.25, 0.3) is 21.9 Å². The number of imidazole rings is 1. The van der Waals surface area contributed by atoms with Gasteiger partial charge in [-0.2, -0.15) is 9.97 Å². The molecule has 5 heterocycles. The van der Waals surface area contributed by atoms with Crippen molar-refractivity contribution in [1.29, 1.82) is 0 Å². The maximum Gasteiger partial charge on any atom is 0.247 e. The lowest BCUT2D eigenvalue weighted by molar-refractivity contribution is 0.0444. The largest absolute Gasteiger partial charge is 0.508 e. The molecule has 4 aromatic rings. The zero-order valence-electron chi connectivity index (χ0n) is 23.8. The van der Waals surface area contributed by atoms with E-state index in [4.69, 9.17) is 21.1 Å². The maximum atomic E-state index is 14.5. The molecule has 3 atom stereocenters. The van der Waals surface area contributed by atoms with E-state index < -0.39 is 11.8 Å². The molecule has 3 fully saturated rings. The summed E-state index contributed by atoms with van der Waals surface area (Å²) in [4.78, 5) is 18.6. The molecule has 7 rings (SSSR count). The van der Waals surface area contributed by atoms with Gasteiger partial charge in [-0.05, 0) is 68.3 Å². The first-order valence-electron chi connectivity index (χ1n) is 14.7. The van der Waals surface area contributed by atoms with Crippen LogP contribution in [-0.2, 0) is 6.54 Å². The summed E-state index contributed by atoms with van der Waals surface area (Å²) in [6.45, 7) is 4.94. The SMILES string of the molecule is C#Cc1cccc2cc(O)cc(Cn3cnc4c(OC[C@@]56CCCN5C[C@H](F)C6)nc(N5CCC[C@@](C)(O)C5)nc43)c12. The summed E-state index contributed by atoms with van der Waals surface area (Å²) >= 11 is 0. The van der Waals surface area contributed by atoms with Gasteiger partial charge < -0.3 is 24.4 Å². The molecule has 42 heavy (non-hydrogen) atoms. The number of benzene rings is 2. The highest BCUT2D eigenvalue weighted by molar-refractivity contribution is 5.92. The third-order valence-corrected chi connectivity index (χ3v) is 9.16. The Hall–Kier alpha value is -3.94. The number of hydrogen-bond donors (Lipinski definition) is 2. The van der Waals surface area contributed by atoms with Gasteiger partial charge in [-0.25, -0.2) is 9.37 Å². The molecule has 0 amide bonds. The Kier molecular flexibility index (Phi) is 6.48. The normalized spacial score (nSPS) is 26.1. The van der Waals surface area contributed by atoms with Gasteiger partial charge >= 0.3 is 0 Å². The van der Waals surface area contributed by atoms with Gasteiger partial charge in [0.25, 0.3) is 0 Å². The van der Waals surface area contributed by atoms with Gasteiger partial charge in [0.2, 0.25) is 11.8 Å². The lowest BCUT2D eigenvalue weighted by atomic mass is 9.95. The summed E-state index contributed by atoms with van der Waals surface area (Å²) in [5.74, 6) is 3.73. The van der Waals surface area contributed by atoms with Crippen LogP contribution in [0.1, 0.15) is 50.2 Å². The summed E-state index contributed by atoms with van der Waals surface area (Å²) in [5, 5.41) is 23.1. The van der Waals surface area contributed by atoms with E-state index in [0.717, 1.165) is 47.7 Å². The first kappa shape index (κ1) is 26.9. The fourth-order valence-corrected chi connectivity index (χ4v) is 7.24. The number of piperidine rings is 1. The van der Waals surface area contributed by atoms with Crippen LogP contribution in [0.15, 0.2) is 36.7 Å². The average molecular weight is 571 g/mol. The van der Waals surface area contributed by atoms with Crippen LogP contribution in [0.4, 0.5) is 10.3 Å². The minimum atomic E-state index is -0.854. The molecular formula is C32H35FN6O3. The molecule has 3 aliphatic heterocycles. The van der Waals surface area contributed by atoms with Gasteiger partial charge in [0.05, 0.1) is 24.0 Å². The van der Waals surface area contributed by atoms with Crippen molar-refractivity contribution in [2.45, 2.75) is 62.9 Å². The molecule has 0 aliphatic carbocycles. The van der Waals surface area contributed by atoms with Crippen molar-refractivity contribution in [3.05, 3.63) is 47.8 Å². The molecule has 218 valence electrons. The van der Waals surface area contributed by atoms with E-state index in [2.05, 4.69) is 15.8 Å². The number of fused-ring (bicyclic) bond motifs is 3. The number of β-amino-alcohol motifs (C(OH)–C–C–N with tert-alkyl or cyclic N) is 1. The maximum absolute atomic E-state index is 14.5. The van der Waals surface area contributed by atoms with Crippen LogP contribution in [0, 0.1) is 12.3 Å². The molecule has 2 aromatic carbocycles.